The number of sulfone groups is 1. The first kappa shape index (κ1) is 16.8. The molecule has 0 unspecified atom stereocenters. The summed E-state index contributed by atoms with van der Waals surface area (Å²) in [6, 6.07) is 8.31. The number of aliphatic imine (C=N–C) groups is 1. The zero-order valence-corrected chi connectivity index (χ0v) is 13.9. The molecular weight excluding hydrogens is 302 g/mol. The minimum Gasteiger partial charge on any atom is -0.379 e. The molecule has 0 bridgehead atoms. The molecule has 0 aliphatic carbocycles. The fraction of sp³-hybridized carbons (Fsp3) is 0.533. The van der Waals surface area contributed by atoms with Crippen molar-refractivity contribution >= 4 is 21.5 Å². The van der Waals surface area contributed by atoms with Gasteiger partial charge in [-0.15, -0.1) is 0 Å². The van der Waals surface area contributed by atoms with Gasteiger partial charge in [-0.05, 0) is 18.1 Å². The van der Waals surface area contributed by atoms with Crippen molar-refractivity contribution < 1.29 is 13.2 Å². The molecule has 22 heavy (non-hydrogen) atoms. The van der Waals surface area contributed by atoms with Gasteiger partial charge < -0.3 is 15.0 Å². The SMILES string of the molecule is CN=C(NCCOCCS(C)(=O)=O)N1CCc2ccccc21. The van der Waals surface area contributed by atoms with Gasteiger partial charge in [-0.1, -0.05) is 18.2 Å². The summed E-state index contributed by atoms with van der Waals surface area (Å²) in [5, 5.41) is 3.25. The fourth-order valence-electron chi connectivity index (χ4n) is 2.40. The Morgan fingerprint density at radius 3 is 2.86 bits per heavy atom. The van der Waals surface area contributed by atoms with Crippen molar-refractivity contribution in [3.05, 3.63) is 29.8 Å². The smallest absolute Gasteiger partial charge is 0.198 e. The van der Waals surface area contributed by atoms with Crippen molar-refractivity contribution in [2.45, 2.75) is 6.42 Å². The third kappa shape index (κ3) is 4.71. The summed E-state index contributed by atoms with van der Waals surface area (Å²) >= 11 is 0. The Morgan fingerprint density at radius 2 is 2.14 bits per heavy atom. The molecule has 0 amide bonds. The molecule has 0 aromatic heterocycles. The Labute approximate surface area is 132 Å². The van der Waals surface area contributed by atoms with Crippen molar-refractivity contribution in [3.8, 4) is 0 Å². The Morgan fingerprint density at radius 1 is 1.36 bits per heavy atom. The van der Waals surface area contributed by atoms with Crippen molar-refractivity contribution in [2.75, 3.05) is 50.3 Å². The third-order valence-corrected chi connectivity index (χ3v) is 4.39. The quantitative estimate of drug-likeness (QED) is 0.473. The highest BCUT2D eigenvalue weighted by molar-refractivity contribution is 7.90. The number of guanidine groups is 1. The zero-order chi connectivity index (χ0) is 16.0. The third-order valence-electron chi connectivity index (χ3n) is 3.48. The Bertz CT molecular complexity index is 629. The molecule has 0 fully saturated rings. The highest BCUT2D eigenvalue weighted by atomic mass is 32.2. The first-order valence-electron chi connectivity index (χ1n) is 7.33. The molecule has 122 valence electrons. The second-order valence-corrected chi connectivity index (χ2v) is 7.51. The lowest BCUT2D eigenvalue weighted by Crippen LogP contribution is -2.42. The second-order valence-electron chi connectivity index (χ2n) is 5.25. The topological polar surface area (TPSA) is 71.0 Å². The number of nitrogens with one attached hydrogen (secondary N) is 1. The molecule has 6 nitrogen and oxygen atoms in total. The largest absolute Gasteiger partial charge is 0.379 e. The normalized spacial score (nSPS) is 15.0. The minimum atomic E-state index is -2.96. The summed E-state index contributed by atoms with van der Waals surface area (Å²) in [6.45, 7) is 2.18. The molecule has 1 heterocycles. The number of rotatable bonds is 6. The van der Waals surface area contributed by atoms with E-state index in [9.17, 15) is 8.42 Å². The monoisotopic (exact) mass is 325 g/mol. The maximum Gasteiger partial charge on any atom is 0.198 e. The number of hydrogen-bond donors (Lipinski definition) is 1. The molecule has 1 aliphatic rings. The van der Waals surface area contributed by atoms with Gasteiger partial charge in [0.2, 0.25) is 0 Å². The lowest BCUT2D eigenvalue weighted by molar-refractivity contribution is 0.154. The van der Waals surface area contributed by atoms with Crippen LogP contribution >= 0.6 is 0 Å². The summed E-state index contributed by atoms with van der Waals surface area (Å²) in [4.78, 5) is 6.46. The maximum absolute atomic E-state index is 11.0. The summed E-state index contributed by atoms with van der Waals surface area (Å²) in [5.41, 5.74) is 2.52. The molecule has 2 rings (SSSR count). The van der Waals surface area contributed by atoms with Crippen molar-refractivity contribution in [1.29, 1.82) is 0 Å². The highest BCUT2D eigenvalue weighted by Gasteiger charge is 2.21. The number of anilines is 1. The van der Waals surface area contributed by atoms with E-state index in [1.165, 1.54) is 17.5 Å². The van der Waals surface area contributed by atoms with E-state index in [-0.39, 0.29) is 12.4 Å². The van der Waals surface area contributed by atoms with Crippen LogP contribution in [0.25, 0.3) is 0 Å². The van der Waals surface area contributed by atoms with Crippen LogP contribution in [0.2, 0.25) is 0 Å². The molecule has 0 saturated carbocycles. The van der Waals surface area contributed by atoms with Crippen LogP contribution in [-0.4, -0.2) is 59.7 Å². The average molecular weight is 325 g/mol. The average Bonchev–Trinajstić information content (AvgIpc) is 2.89. The molecule has 0 saturated heterocycles. The first-order chi connectivity index (χ1) is 10.5. The van der Waals surface area contributed by atoms with E-state index in [2.05, 4.69) is 27.3 Å². The molecule has 1 aromatic carbocycles. The Balaban J connectivity index is 1.77. The van der Waals surface area contributed by atoms with Gasteiger partial charge in [0.05, 0.1) is 19.0 Å². The van der Waals surface area contributed by atoms with E-state index < -0.39 is 9.84 Å². The van der Waals surface area contributed by atoms with Crippen LogP contribution in [0.5, 0.6) is 0 Å². The summed E-state index contributed by atoms with van der Waals surface area (Å²) in [5.74, 6) is 0.873. The van der Waals surface area contributed by atoms with Gasteiger partial charge in [0.1, 0.15) is 9.84 Å². The first-order valence-corrected chi connectivity index (χ1v) is 9.39. The van der Waals surface area contributed by atoms with Crippen LogP contribution in [0.4, 0.5) is 5.69 Å². The Hall–Kier alpha value is -1.60. The highest BCUT2D eigenvalue weighted by Crippen LogP contribution is 2.27. The second kappa shape index (κ2) is 7.60. The standard InChI is InChI=1S/C15H23N3O3S/c1-16-15(17-8-10-21-11-12-22(2,19)20)18-9-7-13-5-3-4-6-14(13)18/h3-6H,7-12H2,1-2H3,(H,16,17). The fourth-order valence-corrected chi connectivity index (χ4v) is 2.82. The van der Waals surface area contributed by atoms with Gasteiger partial charge in [-0.3, -0.25) is 4.99 Å². The molecule has 7 heteroatoms. The molecule has 0 atom stereocenters. The van der Waals surface area contributed by atoms with Crippen molar-refractivity contribution in [3.63, 3.8) is 0 Å². The van der Waals surface area contributed by atoms with Crippen LogP contribution in [0.15, 0.2) is 29.3 Å². The van der Waals surface area contributed by atoms with E-state index in [0.717, 1.165) is 18.9 Å². The van der Waals surface area contributed by atoms with Crippen LogP contribution in [0, 0.1) is 0 Å². The molecule has 1 N–H and O–H groups in total. The van der Waals surface area contributed by atoms with Crippen molar-refractivity contribution in [2.24, 2.45) is 4.99 Å². The van der Waals surface area contributed by atoms with Crippen LogP contribution < -0.4 is 10.2 Å². The van der Waals surface area contributed by atoms with Crippen molar-refractivity contribution in [1.82, 2.24) is 5.32 Å². The lowest BCUT2D eigenvalue weighted by Gasteiger charge is -2.22. The number of ether oxygens (including phenoxy) is 1. The van der Waals surface area contributed by atoms with Gasteiger partial charge in [0.25, 0.3) is 0 Å². The molecular formula is C15H23N3O3S. The predicted octanol–water partition coefficient (Wildman–Crippen LogP) is 0.686. The van der Waals surface area contributed by atoms with Crippen LogP contribution in [-0.2, 0) is 21.0 Å². The summed E-state index contributed by atoms with van der Waals surface area (Å²) in [6.07, 6.45) is 2.23. The summed E-state index contributed by atoms with van der Waals surface area (Å²) in [7, 11) is -1.20. The zero-order valence-electron chi connectivity index (χ0n) is 13.1. The predicted molar refractivity (Wildman–Crippen MR) is 89.4 cm³/mol. The molecule has 0 spiro atoms. The molecule has 1 aliphatic heterocycles. The minimum absolute atomic E-state index is 0.0568. The van der Waals surface area contributed by atoms with Crippen LogP contribution in [0.3, 0.4) is 0 Å². The van der Waals surface area contributed by atoms with Gasteiger partial charge >= 0.3 is 0 Å². The number of hydrogen-bond acceptors (Lipinski definition) is 4. The van der Waals surface area contributed by atoms with Gasteiger partial charge in [0.15, 0.2) is 5.96 Å². The maximum atomic E-state index is 11.0. The lowest BCUT2D eigenvalue weighted by atomic mass is 10.2. The van der Waals surface area contributed by atoms with Gasteiger partial charge in [-0.2, -0.15) is 0 Å². The number of fused-ring (bicyclic) bond motifs is 1. The molecule has 0 radical (unpaired) electrons. The van der Waals surface area contributed by atoms with E-state index >= 15 is 0 Å². The number of benzene rings is 1. The van der Waals surface area contributed by atoms with E-state index in [0.29, 0.717) is 13.2 Å². The Kier molecular flexibility index (Phi) is 5.79. The van der Waals surface area contributed by atoms with E-state index in [1.807, 2.05) is 12.1 Å². The summed E-state index contributed by atoms with van der Waals surface area (Å²) < 4.78 is 27.3. The molecule has 1 aromatic rings. The van der Waals surface area contributed by atoms with Gasteiger partial charge in [0, 0.05) is 32.1 Å². The number of nitrogens with zero attached hydrogens (tertiary/aromatic N) is 2. The van der Waals surface area contributed by atoms with E-state index in [4.69, 9.17) is 4.74 Å². The van der Waals surface area contributed by atoms with E-state index in [1.54, 1.807) is 7.05 Å². The van der Waals surface area contributed by atoms with Gasteiger partial charge in [-0.25, -0.2) is 8.42 Å². The van der Waals surface area contributed by atoms with Crippen LogP contribution in [0.1, 0.15) is 5.56 Å². The number of para-hydroxylation sites is 1.